The Morgan fingerprint density at radius 2 is 1.83 bits per heavy atom. The fourth-order valence-corrected chi connectivity index (χ4v) is 3.53. The average molecular weight is 347 g/mol. The zero-order valence-corrected chi connectivity index (χ0v) is 15.7. The van der Waals surface area contributed by atoms with Gasteiger partial charge in [-0.2, -0.15) is 0 Å². The molecule has 2 rings (SSSR count). The van der Waals surface area contributed by atoms with Crippen LogP contribution in [0.15, 0.2) is 29.4 Å². The summed E-state index contributed by atoms with van der Waals surface area (Å²) in [5.74, 6) is 1.15. The van der Waals surface area contributed by atoms with E-state index in [1.54, 1.807) is 0 Å². The molecule has 0 aliphatic carbocycles. The minimum absolute atomic E-state index is 0.105. The van der Waals surface area contributed by atoms with Crippen LogP contribution in [-0.4, -0.2) is 43.4 Å². The summed E-state index contributed by atoms with van der Waals surface area (Å²) >= 11 is 1.40. The van der Waals surface area contributed by atoms with E-state index >= 15 is 0 Å². The van der Waals surface area contributed by atoms with E-state index in [0.29, 0.717) is 22.4 Å². The number of hydrogen-bond donors (Lipinski definition) is 1. The molecule has 0 atom stereocenters. The first-order valence-corrected chi connectivity index (χ1v) is 8.99. The monoisotopic (exact) mass is 347 g/mol. The molecule has 7 heteroatoms. The molecule has 24 heavy (non-hydrogen) atoms. The summed E-state index contributed by atoms with van der Waals surface area (Å²) in [6.07, 6.45) is 0. The summed E-state index contributed by atoms with van der Waals surface area (Å²) in [4.78, 5) is 14.4. The Morgan fingerprint density at radius 1 is 1.21 bits per heavy atom. The van der Waals surface area contributed by atoms with Gasteiger partial charge in [0, 0.05) is 30.4 Å². The SMILES string of the molecule is CC(C)N(C(=O)CSc1nnc(-c2ccccc2N)n1C)C(C)C. The maximum atomic E-state index is 12.5. The van der Waals surface area contributed by atoms with E-state index in [4.69, 9.17) is 5.73 Å². The van der Waals surface area contributed by atoms with E-state index in [0.717, 1.165) is 5.56 Å². The lowest BCUT2D eigenvalue weighted by atomic mass is 10.2. The number of anilines is 1. The predicted octanol–water partition coefficient (Wildman–Crippen LogP) is 2.80. The molecule has 2 N–H and O–H groups in total. The van der Waals surface area contributed by atoms with Crippen molar-refractivity contribution < 1.29 is 4.79 Å². The number of benzene rings is 1. The summed E-state index contributed by atoms with van der Waals surface area (Å²) in [6, 6.07) is 7.91. The fraction of sp³-hybridized carbons (Fsp3) is 0.471. The van der Waals surface area contributed by atoms with Gasteiger partial charge in [-0.15, -0.1) is 10.2 Å². The number of nitrogens with zero attached hydrogens (tertiary/aromatic N) is 4. The molecular formula is C17H25N5OS. The maximum absolute atomic E-state index is 12.5. The van der Waals surface area contributed by atoms with E-state index in [1.165, 1.54) is 11.8 Å². The Morgan fingerprint density at radius 3 is 2.42 bits per heavy atom. The first-order valence-electron chi connectivity index (χ1n) is 8.01. The van der Waals surface area contributed by atoms with E-state index in [1.807, 2.05) is 68.5 Å². The van der Waals surface area contributed by atoms with Crippen molar-refractivity contribution in [1.29, 1.82) is 0 Å². The number of para-hydroxylation sites is 1. The highest BCUT2D eigenvalue weighted by Crippen LogP contribution is 2.27. The first kappa shape index (κ1) is 18.3. The summed E-state index contributed by atoms with van der Waals surface area (Å²) in [5.41, 5.74) is 7.51. The maximum Gasteiger partial charge on any atom is 0.233 e. The van der Waals surface area contributed by atoms with Gasteiger partial charge < -0.3 is 15.2 Å². The number of nitrogens with two attached hydrogens (primary N) is 1. The molecule has 1 amide bonds. The van der Waals surface area contributed by atoms with Gasteiger partial charge in [0.2, 0.25) is 5.91 Å². The van der Waals surface area contributed by atoms with Gasteiger partial charge in [-0.05, 0) is 39.8 Å². The molecule has 0 spiro atoms. The Hall–Kier alpha value is -2.02. The van der Waals surface area contributed by atoms with Crippen molar-refractivity contribution in [1.82, 2.24) is 19.7 Å². The predicted molar refractivity (Wildman–Crippen MR) is 98.7 cm³/mol. The largest absolute Gasteiger partial charge is 0.398 e. The minimum Gasteiger partial charge on any atom is -0.398 e. The van der Waals surface area contributed by atoms with E-state index in [2.05, 4.69) is 10.2 Å². The van der Waals surface area contributed by atoms with E-state index < -0.39 is 0 Å². The lowest BCUT2D eigenvalue weighted by Gasteiger charge is -2.30. The zero-order chi connectivity index (χ0) is 17.9. The van der Waals surface area contributed by atoms with E-state index in [-0.39, 0.29) is 18.0 Å². The summed E-state index contributed by atoms with van der Waals surface area (Å²) in [6.45, 7) is 8.12. The van der Waals surface area contributed by atoms with Crippen molar-refractivity contribution in [3.63, 3.8) is 0 Å². The number of hydrogen-bond acceptors (Lipinski definition) is 5. The highest BCUT2D eigenvalue weighted by molar-refractivity contribution is 7.99. The molecular weight excluding hydrogens is 322 g/mol. The van der Waals surface area contributed by atoms with Gasteiger partial charge in [0.15, 0.2) is 11.0 Å². The van der Waals surface area contributed by atoms with Crippen LogP contribution < -0.4 is 5.73 Å². The Kier molecular flexibility index (Phi) is 5.88. The second-order valence-electron chi connectivity index (χ2n) is 6.23. The van der Waals surface area contributed by atoms with Crippen LogP contribution in [0.5, 0.6) is 0 Å². The van der Waals surface area contributed by atoms with E-state index in [9.17, 15) is 4.79 Å². The van der Waals surface area contributed by atoms with Crippen molar-refractivity contribution in [2.24, 2.45) is 7.05 Å². The Labute approximate surface area is 147 Å². The molecule has 0 saturated heterocycles. The highest BCUT2D eigenvalue weighted by Gasteiger charge is 2.21. The van der Waals surface area contributed by atoms with Crippen molar-refractivity contribution in [2.45, 2.75) is 44.9 Å². The Bertz CT molecular complexity index is 703. The molecule has 0 saturated carbocycles. The number of carbonyl (C=O) groups is 1. The fourth-order valence-electron chi connectivity index (χ4n) is 2.75. The first-order chi connectivity index (χ1) is 11.3. The third kappa shape index (κ3) is 3.90. The zero-order valence-electron chi connectivity index (χ0n) is 14.9. The quantitative estimate of drug-likeness (QED) is 0.642. The van der Waals surface area contributed by atoms with Crippen molar-refractivity contribution in [3.05, 3.63) is 24.3 Å². The molecule has 130 valence electrons. The number of aromatic nitrogens is 3. The summed E-state index contributed by atoms with van der Waals surface area (Å²) in [7, 11) is 1.89. The lowest BCUT2D eigenvalue weighted by Crippen LogP contribution is -2.43. The Balaban J connectivity index is 2.13. The van der Waals surface area contributed by atoms with Gasteiger partial charge in [-0.25, -0.2) is 0 Å². The van der Waals surface area contributed by atoms with Crippen LogP contribution in [0.1, 0.15) is 27.7 Å². The molecule has 1 heterocycles. The topological polar surface area (TPSA) is 77.0 Å². The third-order valence-electron chi connectivity index (χ3n) is 3.76. The van der Waals surface area contributed by atoms with Crippen molar-refractivity contribution >= 4 is 23.4 Å². The van der Waals surface area contributed by atoms with Gasteiger partial charge in [-0.3, -0.25) is 4.79 Å². The number of rotatable bonds is 6. The van der Waals surface area contributed by atoms with Crippen LogP contribution in [0.25, 0.3) is 11.4 Å². The molecule has 0 fully saturated rings. The van der Waals surface area contributed by atoms with Crippen LogP contribution in [0, 0.1) is 0 Å². The molecule has 6 nitrogen and oxygen atoms in total. The van der Waals surface area contributed by atoms with Crippen LogP contribution in [0.3, 0.4) is 0 Å². The third-order valence-corrected chi connectivity index (χ3v) is 4.77. The number of nitrogen functional groups attached to an aromatic ring is 1. The number of carbonyl (C=O) groups excluding carboxylic acids is 1. The van der Waals surface area contributed by atoms with Crippen LogP contribution in [-0.2, 0) is 11.8 Å². The highest BCUT2D eigenvalue weighted by atomic mass is 32.2. The minimum atomic E-state index is 0.105. The summed E-state index contributed by atoms with van der Waals surface area (Å²) in [5, 5.41) is 9.13. The van der Waals surface area contributed by atoms with Crippen molar-refractivity contribution in [3.8, 4) is 11.4 Å². The van der Waals surface area contributed by atoms with Gasteiger partial charge in [0.05, 0.1) is 5.75 Å². The number of amides is 1. The van der Waals surface area contributed by atoms with Crippen LogP contribution >= 0.6 is 11.8 Å². The van der Waals surface area contributed by atoms with Gasteiger partial charge in [0.25, 0.3) is 0 Å². The van der Waals surface area contributed by atoms with Crippen LogP contribution in [0.4, 0.5) is 5.69 Å². The normalized spacial score (nSPS) is 11.3. The second-order valence-corrected chi connectivity index (χ2v) is 7.17. The second kappa shape index (κ2) is 7.70. The lowest BCUT2D eigenvalue weighted by molar-refractivity contribution is -0.131. The molecule has 0 unspecified atom stereocenters. The van der Waals surface area contributed by atoms with Gasteiger partial charge >= 0.3 is 0 Å². The van der Waals surface area contributed by atoms with Gasteiger partial charge in [0.1, 0.15) is 0 Å². The molecule has 0 radical (unpaired) electrons. The van der Waals surface area contributed by atoms with Crippen molar-refractivity contribution in [2.75, 3.05) is 11.5 Å². The smallest absolute Gasteiger partial charge is 0.233 e. The molecule has 2 aromatic rings. The molecule has 0 bridgehead atoms. The molecule has 1 aromatic carbocycles. The number of thioether (sulfide) groups is 1. The molecule has 0 aliphatic heterocycles. The van der Waals surface area contributed by atoms with Gasteiger partial charge in [-0.1, -0.05) is 23.9 Å². The molecule has 0 aliphatic rings. The average Bonchev–Trinajstić information content (AvgIpc) is 2.86. The molecule has 1 aromatic heterocycles. The van der Waals surface area contributed by atoms with Crippen LogP contribution in [0.2, 0.25) is 0 Å². The standard InChI is InChI=1S/C17H25N5OS/c1-11(2)22(12(3)4)15(23)10-24-17-20-19-16(21(17)5)13-8-6-7-9-14(13)18/h6-9,11-12H,10,18H2,1-5H3. The summed E-state index contributed by atoms with van der Waals surface area (Å²) < 4.78 is 1.87.